The van der Waals surface area contributed by atoms with E-state index in [2.05, 4.69) is 10.2 Å². The molecule has 2 aromatic heterocycles. The summed E-state index contributed by atoms with van der Waals surface area (Å²) in [6.45, 7) is 3.96. The van der Waals surface area contributed by atoms with Gasteiger partial charge in [0, 0.05) is 45.0 Å². The van der Waals surface area contributed by atoms with Crippen LogP contribution in [0.25, 0.3) is 0 Å². The van der Waals surface area contributed by atoms with E-state index in [1.165, 1.54) is 19.0 Å². The number of aryl methyl sites for hydroxylation is 3. The molecule has 0 atom stereocenters. The van der Waals surface area contributed by atoms with Crippen LogP contribution in [0.15, 0.2) is 6.07 Å². The molecular weight excluding hydrogens is 311 g/mol. The Hall–Kier alpha value is -2.32. The van der Waals surface area contributed by atoms with E-state index in [4.69, 9.17) is 0 Å². The number of carbonyl (C=O) groups excluding carboxylic acids is 1. The van der Waals surface area contributed by atoms with Crippen LogP contribution in [0.3, 0.4) is 0 Å². The molecular formula is C14H18F3N5O. The van der Waals surface area contributed by atoms with Crippen molar-refractivity contribution in [1.82, 2.24) is 24.5 Å². The average Bonchev–Trinajstić information content (AvgIpc) is 2.93. The molecule has 2 heterocycles. The first-order valence-electron chi connectivity index (χ1n) is 6.88. The van der Waals surface area contributed by atoms with E-state index < -0.39 is 17.8 Å². The average molecular weight is 329 g/mol. The Bertz CT molecular complexity index is 744. The molecule has 23 heavy (non-hydrogen) atoms. The van der Waals surface area contributed by atoms with Gasteiger partial charge in [0.25, 0.3) is 5.91 Å². The molecule has 2 aromatic rings. The number of halogens is 3. The largest absolute Gasteiger partial charge is 0.435 e. The van der Waals surface area contributed by atoms with Crippen molar-refractivity contribution in [1.29, 1.82) is 0 Å². The van der Waals surface area contributed by atoms with Gasteiger partial charge in [-0.2, -0.15) is 23.4 Å². The Labute approximate surface area is 131 Å². The van der Waals surface area contributed by atoms with E-state index in [0.717, 1.165) is 27.7 Å². The van der Waals surface area contributed by atoms with Crippen LogP contribution in [0.5, 0.6) is 0 Å². The van der Waals surface area contributed by atoms with E-state index in [1.807, 2.05) is 13.8 Å². The molecule has 9 heteroatoms. The first kappa shape index (κ1) is 17.0. The Balaban J connectivity index is 2.25. The minimum absolute atomic E-state index is 0.112. The van der Waals surface area contributed by atoms with Crippen LogP contribution < -0.4 is 0 Å². The number of aromatic nitrogens is 4. The molecule has 0 radical (unpaired) electrons. The fourth-order valence-corrected chi connectivity index (χ4v) is 2.36. The fourth-order valence-electron chi connectivity index (χ4n) is 2.36. The highest BCUT2D eigenvalue weighted by molar-refractivity contribution is 5.92. The maximum atomic E-state index is 12.7. The van der Waals surface area contributed by atoms with Crippen LogP contribution >= 0.6 is 0 Å². The van der Waals surface area contributed by atoms with Gasteiger partial charge in [0.1, 0.15) is 5.69 Å². The number of carbonyl (C=O) groups is 1. The number of amides is 1. The maximum absolute atomic E-state index is 12.7. The van der Waals surface area contributed by atoms with Gasteiger partial charge in [-0.3, -0.25) is 14.2 Å². The van der Waals surface area contributed by atoms with Gasteiger partial charge in [0.15, 0.2) is 5.69 Å². The third kappa shape index (κ3) is 3.22. The SMILES string of the molecule is Cc1nn(C)c(C)c1CN(C)C(=O)c1cc(C(F)(F)F)nn1C. The first-order valence-corrected chi connectivity index (χ1v) is 6.88. The minimum atomic E-state index is -4.58. The highest BCUT2D eigenvalue weighted by Crippen LogP contribution is 2.28. The third-order valence-corrected chi connectivity index (χ3v) is 3.79. The second kappa shape index (κ2) is 5.71. The molecule has 126 valence electrons. The first-order chi connectivity index (χ1) is 10.5. The molecule has 0 fully saturated rings. The lowest BCUT2D eigenvalue weighted by molar-refractivity contribution is -0.141. The molecule has 0 aliphatic rings. The summed E-state index contributed by atoms with van der Waals surface area (Å²) >= 11 is 0. The van der Waals surface area contributed by atoms with Gasteiger partial charge in [0.2, 0.25) is 0 Å². The quantitative estimate of drug-likeness (QED) is 0.866. The lowest BCUT2D eigenvalue weighted by Gasteiger charge is -2.17. The highest BCUT2D eigenvalue weighted by Gasteiger charge is 2.35. The zero-order chi connectivity index (χ0) is 17.5. The summed E-state index contributed by atoms with van der Waals surface area (Å²) in [5.41, 5.74) is 1.37. The zero-order valence-corrected chi connectivity index (χ0v) is 13.6. The van der Waals surface area contributed by atoms with Gasteiger partial charge in [-0.05, 0) is 13.8 Å². The summed E-state index contributed by atoms with van der Waals surface area (Å²) in [5, 5.41) is 7.62. The minimum Gasteiger partial charge on any atom is -0.336 e. The molecule has 6 nitrogen and oxygen atoms in total. The summed E-state index contributed by atoms with van der Waals surface area (Å²) < 4.78 is 40.7. The van der Waals surface area contributed by atoms with E-state index in [-0.39, 0.29) is 12.2 Å². The maximum Gasteiger partial charge on any atom is 0.435 e. The van der Waals surface area contributed by atoms with Crippen LogP contribution in [0.1, 0.15) is 33.1 Å². The van der Waals surface area contributed by atoms with Crippen LogP contribution in [-0.2, 0) is 26.8 Å². The van der Waals surface area contributed by atoms with Crippen molar-refractivity contribution in [2.75, 3.05) is 7.05 Å². The normalized spacial score (nSPS) is 11.8. The molecule has 0 aliphatic carbocycles. The van der Waals surface area contributed by atoms with Crippen molar-refractivity contribution >= 4 is 5.91 Å². The molecule has 1 amide bonds. The van der Waals surface area contributed by atoms with E-state index in [9.17, 15) is 18.0 Å². The highest BCUT2D eigenvalue weighted by atomic mass is 19.4. The fraction of sp³-hybridized carbons (Fsp3) is 0.500. The Morgan fingerprint density at radius 1 is 1.22 bits per heavy atom. The Morgan fingerprint density at radius 3 is 2.26 bits per heavy atom. The van der Waals surface area contributed by atoms with Crippen molar-refractivity contribution in [2.45, 2.75) is 26.6 Å². The smallest absolute Gasteiger partial charge is 0.336 e. The molecule has 0 bridgehead atoms. The van der Waals surface area contributed by atoms with Crippen molar-refractivity contribution in [3.05, 3.63) is 34.4 Å². The summed E-state index contributed by atoms with van der Waals surface area (Å²) in [7, 11) is 4.65. The molecule has 0 aromatic carbocycles. The van der Waals surface area contributed by atoms with Crippen LogP contribution in [0, 0.1) is 13.8 Å². The number of alkyl halides is 3. The number of hydrogen-bond acceptors (Lipinski definition) is 3. The number of rotatable bonds is 3. The van der Waals surface area contributed by atoms with Gasteiger partial charge in [-0.15, -0.1) is 0 Å². The molecule has 0 saturated heterocycles. The van der Waals surface area contributed by atoms with Gasteiger partial charge in [0.05, 0.1) is 5.69 Å². The second-order valence-corrected chi connectivity index (χ2v) is 5.47. The summed E-state index contributed by atoms with van der Waals surface area (Å²) in [5.74, 6) is -0.529. The monoisotopic (exact) mass is 329 g/mol. The van der Waals surface area contributed by atoms with Gasteiger partial charge >= 0.3 is 6.18 Å². The van der Waals surface area contributed by atoms with Crippen LogP contribution in [-0.4, -0.2) is 37.4 Å². The number of hydrogen-bond donors (Lipinski definition) is 0. The van der Waals surface area contributed by atoms with Gasteiger partial charge < -0.3 is 4.90 Å². The van der Waals surface area contributed by atoms with Crippen molar-refractivity contribution in [3.63, 3.8) is 0 Å². The molecule has 0 saturated carbocycles. The van der Waals surface area contributed by atoms with Crippen LogP contribution in [0.4, 0.5) is 13.2 Å². The molecule has 0 spiro atoms. The standard InChI is InChI=1S/C14H18F3N5O/c1-8-10(9(2)21(4)18-8)7-20(3)13(23)11-6-12(14(15,16)17)19-22(11)5/h6H,7H2,1-5H3. The Kier molecular flexibility index (Phi) is 4.23. The summed E-state index contributed by atoms with van der Waals surface area (Å²) in [4.78, 5) is 13.8. The van der Waals surface area contributed by atoms with Crippen molar-refractivity contribution < 1.29 is 18.0 Å². The topological polar surface area (TPSA) is 56.0 Å². The third-order valence-electron chi connectivity index (χ3n) is 3.79. The van der Waals surface area contributed by atoms with Crippen LogP contribution in [0.2, 0.25) is 0 Å². The lowest BCUT2D eigenvalue weighted by atomic mass is 10.2. The molecule has 2 rings (SSSR count). The van der Waals surface area contributed by atoms with Gasteiger partial charge in [-0.25, -0.2) is 0 Å². The summed E-state index contributed by atoms with van der Waals surface area (Å²) in [6, 6.07) is 0.766. The number of nitrogens with zero attached hydrogens (tertiary/aromatic N) is 5. The molecule has 0 N–H and O–H groups in total. The van der Waals surface area contributed by atoms with E-state index in [1.54, 1.807) is 11.7 Å². The molecule has 0 aliphatic heterocycles. The van der Waals surface area contributed by atoms with Gasteiger partial charge in [-0.1, -0.05) is 0 Å². The van der Waals surface area contributed by atoms with Crippen molar-refractivity contribution in [3.8, 4) is 0 Å². The van der Waals surface area contributed by atoms with E-state index >= 15 is 0 Å². The van der Waals surface area contributed by atoms with E-state index in [0.29, 0.717) is 0 Å². The predicted molar refractivity (Wildman–Crippen MR) is 76.7 cm³/mol. The van der Waals surface area contributed by atoms with Crippen molar-refractivity contribution in [2.24, 2.45) is 14.1 Å². The lowest BCUT2D eigenvalue weighted by Crippen LogP contribution is -2.28. The molecule has 0 unspecified atom stereocenters. The zero-order valence-electron chi connectivity index (χ0n) is 13.6. The second-order valence-electron chi connectivity index (χ2n) is 5.47. The Morgan fingerprint density at radius 2 is 1.83 bits per heavy atom. The predicted octanol–water partition coefficient (Wildman–Crippen LogP) is 2.06. The summed E-state index contributed by atoms with van der Waals surface area (Å²) in [6.07, 6.45) is -4.58.